The van der Waals surface area contributed by atoms with Crippen molar-refractivity contribution in [2.45, 2.75) is 19.9 Å². The number of hydrogen-bond acceptors (Lipinski definition) is 2. The molecule has 0 bridgehead atoms. The minimum Gasteiger partial charge on any atom is -0.338 e. The number of nitrogens with zero attached hydrogens (tertiary/aromatic N) is 1. The normalized spacial score (nSPS) is 10.5. The van der Waals surface area contributed by atoms with Gasteiger partial charge < -0.3 is 10.2 Å². The highest BCUT2D eigenvalue weighted by atomic mass is 19.1. The van der Waals surface area contributed by atoms with E-state index in [0.29, 0.717) is 31.6 Å². The molecule has 0 unspecified atom stereocenters. The topological polar surface area (TPSA) is 32.3 Å². The van der Waals surface area contributed by atoms with E-state index in [1.165, 1.54) is 6.07 Å². The van der Waals surface area contributed by atoms with E-state index in [2.05, 4.69) is 5.32 Å². The predicted octanol–water partition coefficient (Wildman–Crippen LogP) is 3.01. The van der Waals surface area contributed by atoms with Crippen molar-refractivity contribution in [1.82, 2.24) is 10.2 Å². The van der Waals surface area contributed by atoms with E-state index in [0.717, 1.165) is 5.56 Å². The van der Waals surface area contributed by atoms with E-state index < -0.39 is 0 Å². The molecule has 0 aliphatic rings. The van der Waals surface area contributed by atoms with E-state index >= 15 is 0 Å². The summed E-state index contributed by atoms with van der Waals surface area (Å²) in [5.41, 5.74) is 1.79. The molecular weight excluding hydrogens is 291 g/mol. The third-order valence-corrected chi connectivity index (χ3v) is 3.76. The van der Waals surface area contributed by atoms with Gasteiger partial charge in [0, 0.05) is 13.1 Å². The van der Waals surface area contributed by atoms with Crippen molar-refractivity contribution >= 4 is 5.91 Å². The van der Waals surface area contributed by atoms with Gasteiger partial charge in [-0.25, -0.2) is 4.39 Å². The molecule has 0 saturated carbocycles. The van der Waals surface area contributed by atoms with Crippen molar-refractivity contribution in [1.29, 1.82) is 0 Å². The summed E-state index contributed by atoms with van der Waals surface area (Å²) in [6, 6.07) is 16.7. The maximum atomic E-state index is 13.5. The van der Waals surface area contributed by atoms with Gasteiger partial charge in [0.2, 0.25) is 5.91 Å². The SMILES string of the molecule is CCN(Cc1ccccc1)C(=O)CNCCc1ccccc1F. The maximum absolute atomic E-state index is 13.5. The lowest BCUT2D eigenvalue weighted by Gasteiger charge is -2.21. The van der Waals surface area contributed by atoms with Crippen LogP contribution in [0.4, 0.5) is 4.39 Å². The third kappa shape index (κ3) is 5.49. The second-order valence-electron chi connectivity index (χ2n) is 5.41. The molecular formula is C19H23FN2O. The number of carbonyl (C=O) groups excluding carboxylic acids is 1. The Kier molecular flexibility index (Phi) is 6.76. The lowest BCUT2D eigenvalue weighted by Crippen LogP contribution is -2.38. The van der Waals surface area contributed by atoms with Crippen LogP contribution in [0.5, 0.6) is 0 Å². The van der Waals surface area contributed by atoms with Gasteiger partial charge in [0.25, 0.3) is 0 Å². The Hall–Kier alpha value is -2.20. The molecule has 0 heterocycles. The highest BCUT2D eigenvalue weighted by Crippen LogP contribution is 2.06. The zero-order chi connectivity index (χ0) is 16.5. The first-order valence-corrected chi connectivity index (χ1v) is 7.96. The Morgan fingerprint density at radius 3 is 2.48 bits per heavy atom. The first kappa shape index (κ1) is 17.2. The van der Waals surface area contributed by atoms with Crippen molar-refractivity contribution < 1.29 is 9.18 Å². The summed E-state index contributed by atoms with van der Waals surface area (Å²) in [6.45, 7) is 4.11. The number of likely N-dealkylation sites (N-methyl/N-ethyl adjacent to an activating group) is 1. The molecule has 0 aromatic heterocycles. The largest absolute Gasteiger partial charge is 0.338 e. The zero-order valence-electron chi connectivity index (χ0n) is 13.5. The van der Waals surface area contributed by atoms with Crippen molar-refractivity contribution in [2.75, 3.05) is 19.6 Å². The van der Waals surface area contributed by atoms with E-state index in [4.69, 9.17) is 0 Å². The Morgan fingerprint density at radius 1 is 1.09 bits per heavy atom. The summed E-state index contributed by atoms with van der Waals surface area (Å²) in [6.07, 6.45) is 0.574. The van der Waals surface area contributed by atoms with E-state index in [1.54, 1.807) is 12.1 Å². The van der Waals surface area contributed by atoms with Crippen LogP contribution in [0, 0.1) is 5.82 Å². The van der Waals surface area contributed by atoms with E-state index in [9.17, 15) is 9.18 Å². The Balaban J connectivity index is 1.75. The van der Waals surface area contributed by atoms with Crippen molar-refractivity contribution in [3.63, 3.8) is 0 Å². The van der Waals surface area contributed by atoms with Gasteiger partial charge in [-0.05, 0) is 37.1 Å². The summed E-state index contributed by atoms with van der Waals surface area (Å²) in [7, 11) is 0. The molecule has 4 heteroatoms. The first-order valence-electron chi connectivity index (χ1n) is 7.96. The molecule has 0 radical (unpaired) electrons. The fourth-order valence-corrected chi connectivity index (χ4v) is 2.41. The minimum absolute atomic E-state index is 0.0601. The molecule has 122 valence electrons. The minimum atomic E-state index is -0.195. The molecule has 0 spiro atoms. The van der Waals surface area contributed by atoms with Crippen LogP contribution >= 0.6 is 0 Å². The van der Waals surface area contributed by atoms with Crippen molar-refractivity contribution in [2.24, 2.45) is 0 Å². The van der Waals surface area contributed by atoms with Gasteiger partial charge >= 0.3 is 0 Å². The summed E-state index contributed by atoms with van der Waals surface area (Å²) in [4.78, 5) is 14.1. The lowest BCUT2D eigenvalue weighted by molar-refractivity contribution is -0.130. The molecule has 0 fully saturated rings. The Bertz CT molecular complexity index is 616. The van der Waals surface area contributed by atoms with Crippen LogP contribution in [0.15, 0.2) is 54.6 Å². The molecule has 3 nitrogen and oxygen atoms in total. The monoisotopic (exact) mass is 314 g/mol. The van der Waals surface area contributed by atoms with Gasteiger partial charge in [0.1, 0.15) is 5.82 Å². The van der Waals surface area contributed by atoms with Gasteiger partial charge in [-0.1, -0.05) is 48.5 Å². The summed E-state index contributed by atoms with van der Waals surface area (Å²) in [5.74, 6) is -0.134. The summed E-state index contributed by atoms with van der Waals surface area (Å²) < 4.78 is 13.5. The fourth-order valence-electron chi connectivity index (χ4n) is 2.41. The molecule has 1 N–H and O–H groups in total. The van der Waals surface area contributed by atoms with Crippen LogP contribution in [-0.4, -0.2) is 30.4 Å². The number of amides is 1. The second-order valence-corrected chi connectivity index (χ2v) is 5.41. The van der Waals surface area contributed by atoms with Crippen LogP contribution in [0.1, 0.15) is 18.1 Å². The number of carbonyl (C=O) groups is 1. The number of rotatable bonds is 8. The smallest absolute Gasteiger partial charge is 0.236 e. The molecule has 1 amide bonds. The third-order valence-electron chi connectivity index (χ3n) is 3.76. The van der Waals surface area contributed by atoms with E-state index in [1.807, 2.05) is 48.2 Å². The van der Waals surface area contributed by atoms with Gasteiger partial charge in [0.05, 0.1) is 6.54 Å². The van der Waals surface area contributed by atoms with Gasteiger partial charge in [-0.3, -0.25) is 4.79 Å². The van der Waals surface area contributed by atoms with Gasteiger partial charge in [-0.2, -0.15) is 0 Å². The fraction of sp³-hybridized carbons (Fsp3) is 0.316. The van der Waals surface area contributed by atoms with Gasteiger partial charge in [-0.15, -0.1) is 0 Å². The van der Waals surface area contributed by atoms with Crippen LogP contribution in [0.25, 0.3) is 0 Å². The number of halogens is 1. The average Bonchev–Trinajstić information content (AvgIpc) is 2.58. The average molecular weight is 314 g/mol. The van der Waals surface area contributed by atoms with Crippen LogP contribution in [0.2, 0.25) is 0 Å². The highest BCUT2D eigenvalue weighted by Gasteiger charge is 2.11. The molecule has 0 saturated heterocycles. The lowest BCUT2D eigenvalue weighted by atomic mass is 10.1. The molecule has 0 atom stereocenters. The number of benzene rings is 2. The van der Waals surface area contributed by atoms with Crippen LogP contribution < -0.4 is 5.32 Å². The van der Waals surface area contributed by atoms with Crippen molar-refractivity contribution in [3.8, 4) is 0 Å². The summed E-state index contributed by atoms with van der Waals surface area (Å²) >= 11 is 0. The number of nitrogens with one attached hydrogen (secondary N) is 1. The predicted molar refractivity (Wildman–Crippen MR) is 90.5 cm³/mol. The molecule has 2 aromatic rings. The molecule has 23 heavy (non-hydrogen) atoms. The quantitative estimate of drug-likeness (QED) is 0.760. The zero-order valence-corrected chi connectivity index (χ0v) is 13.5. The second kappa shape index (κ2) is 9.06. The Morgan fingerprint density at radius 2 is 1.78 bits per heavy atom. The molecule has 0 aliphatic carbocycles. The van der Waals surface area contributed by atoms with Gasteiger partial charge in [0.15, 0.2) is 0 Å². The number of hydrogen-bond donors (Lipinski definition) is 1. The highest BCUT2D eigenvalue weighted by molar-refractivity contribution is 5.78. The molecule has 2 aromatic carbocycles. The Labute approximate surface area is 137 Å². The molecule has 2 rings (SSSR count). The first-order chi connectivity index (χ1) is 11.2. The van der Waals surface area contributed by atoms with Crippen LogP contribution in [0.3, 0.4) is 0 Å². The van der Waals surface area contributed by atoms with Crippen molar-refractivity contribution in [3.05, 3.63) is 71.5 Å². The maximum Gasteiger partial charge on any atom is 0.236 e. The summed E-state index contributed by atoms with van der Waals surface area (Å²) in [5, 5.41) is 3.10. The van der Waals surface area contributed by atoms with E-state index in [-0.39, 0.29) is 18.3 Å². The van der Waals surface area contributed by atoms with Crippen LogP contribution in [-0.2, 0) is 17.8 Å². The standard InChI is InChI=1S/C19H23FN2O/c1-2-22(15-16-8-4-3-5-9-16)19(23)14-21-13-12-17-10-6-7-11-18(17)20/h3-11,21H,2,12-15H2,1H3. The molecule has 0 aliphatic heterocycles.